The molecule has 1 heterocycles. The van der Waals surface area contributed by atoms with Gasteiger partial charge in [-0.15, -0.1) is 0 Å². The van der Waals surface area contributed by atoms with Gasteiger partial charge in [0.15, 0.2) is 0 Å². The predicted molar refractivity (Wildman–Crippen MR) is 44.5 cm³/mol. The Morgan fingerprint density at radius 1 is 1.50 bits per heavy atom. The van der Waals surface area contributed by atoms with Gasteiger partial charge in [0.1, 0.15) is 0 Å². The first kappa shape index (κ1) is 7.58. The fraction of sp³-hybridized carbons (Fsp3) is 0.875. The molecule has 0 atom stereocenters. The summed E-state index contributed by atoms with van der Waals surface area (Å²) in [5.74, 6) is 1.30. The quantitative estimate of drug-likeness (QED) is 0.568. The van der Waals surface area contributed by atoms with E-state index in [1.807, 2.05) is 0 Å². The number of aliphatic imine (C=N–C) groups is 1. The van der Waals surface area contributed by atoms with E-state index in [0.717, 1.165) is 19.5 Å². The van der Waals surface area contributed by atoms with Gasteiger partial charge in [-0.2, -0.15) is 0 Å². The van der Waals surface area contributed by atoms with Gasteiger partial charge in [0, 0.05) is 26.1 Å². The number of nitrogens with zero attached hydrogens (tertiary/aromatic N) is 2. The summed E-state index contributed by atoms with van der Waals surface area (Å²) in [6, 6.07) is 0. The topological polar surface area (TPSA) is 15.6 Å². The molecule has 1 aliphatic heterocycles. The van der Waals surface area contributed by atoms with Crippen LogP contribution in [0.25, 0.3) is 0 Å². The summed E-state index contributed by atoms with van der Waals surface area (Å²) < 4.78 is 0. The van der Waals surface area contributed by atoms with Crippen LogP contribution in [0.4, 0.5) is 0 Å². The highest BCUT2D eigenvalue weighted by Crippen LogP contribution is 2.04. The molecule has 0 aromatic carbocycles. The summed E-state index contributed by atoms with van der Waals surface area (Å²) in [7, 11) is 0. The van der Waals surface area contributed by atoms with E-state index in [1.54, 1.807) is 0 Å². The SMILES string of the molecule is CCC1=NCCCN1CC. The van der Waals surface area contributed by atoms with Gasteiger partial charge in [-0.25, -0.2) is 0 Å². The largest absolute Gasteiger partial charge is 0.361 e. The van der Waals surface area contributed by atoms with Crippen LogP contribution in [0, 0.1) is 0 Å². The van der Waals surface area contributed by atoms with Crippen LogP contribution >= 0.6 is 0 Å². The predicted octanol–water partition coefficient (Wildman–Crippen LogP) is 1.52. The van der Waals surface area contributed by atoms with Crippen LogP contribution in [-0.2, 0) is 0 Å². The highest BCUT2D eigenvalue weighted by Gasteiger charge is 2.09. The smallest absolute Gasteiger partial charge is 0.0986 e. The summed E-state index contributed by atoms with van der Waals surface area (Å²) in [5.41, 5.74) is 0. The molecule has 10 heavy (non-hydrogen) atoms. The van der Waals surface area contributed by atoms with Gasteiger partial charge in [0.05, 0.1) is 5.84 Å². The third-order valence-electron chi connectivity index (χ3n) is 1.94. The Balaban J connectivity index is 2.53. The van der Waals surface area contributed by atoms with Crippen molar-refractivity contribution in [3.8, 4) is 0 Å². The third kappa shape index (κ3) is 1.49. The van der Waals surface area contributed by atoms with E-state index in [0.29, 0.717) is 0 Å². The Morgan fingerprint density at radius 2 is 2.30 bits per heavy atom. The minimum absolute atomic E-state index is 1.04. The molecule has 2 nitrogen and oxygen atoms in total. The number of hydrogen-bond donors (Lipinski definition) is 0. The molecule has 2 heteroatoms. The summed E-state index contributed by atoms with van der Waals surface area (Å²) in [4.78, 5) is 6.81. The summed E-state index contributed by atoms with van der Waals surface area (Å²) in [5, 5.41) is 0. The highest BCUT2D eigenvalue weighted by atomic mass is 15.2. The normalized spacial score (nSPS) is 19.0. The molecule has 0 bridgehead atoms. The average Bonchev–Trinajstić information content (AvgIpc) is 2.04. The van der Waals surface area contributed by atoms with E-state index in [1.165, 1.54) is 18.8 Å². The van der Waals surface area contributed by atoms with Crippen molar-refractivity contribution >= 4 is 5.84 Å². The van der Waals surface area contributed by atoms with Crippen LogP contribution in [-0.4, -0.2) is 30.4 Å². The minimum Gasteiger partial charge on any atom is -0.361 e. The maximum absolute atomic E-state index is 4.44. The molecule has 0 spiro atoms. The van der Waals surface area contributed by atoms with Crippen LogP contribution in [0.1, 0.15) is 26.7 Å². The molecule has 0 saturated heterocycles. The highest BCUT2D eigenvalue weighted by molar-refractivity contribution is 5.82. The zero-order valence-corrected chi connectivity index (χ0v) is 6.93. The number of rotatable bonds is 2. The van der Waals surface area contributed by atoms with Crippen molar-refractivity contribution in [2.45, 2.75) is 26.7 Å². The molecular formula is C8H16N2. The molecule has 0 N–H and O–H groups in total. The summed E-state index contributed by atoms with van der Waals surface area (Å²) >= 11 is 0. The molecule has 1 rings (SSSR count). The Morgan fingerprint density at radius 3 is 2.80 bits per heavy atom. The van der Waals surface area contributed by atoms with Gasteiger partial charge in [-0.3, -0.25) is 4.99 Å². The van der Waals surface area contributed by atoms with Crippen molar-refractivity contribution in [2.24, 2.45) is 4.99 Å². The molecule has 0 unspecified atom stereocenters. The minimum atomic E-state index is 1.04. The lowest BCUT2D eigenvalue weighted by Gasteiger charge is -2.27. The van der Waals surface area contributed by atoms with Gasteiger partial charge in [-0.05, 0) is 13.3 Å². The van der Waals surface area contributed by atoms with Crippen molar-refractivity contribution < 1.29 is 0 Å². The van der Waals surface area contributed by atoms with Crippen molar-refractivity contribution in [3.63, 3.8) is 0 Å². The van der Waals surface area contributed by atoms with Gasteiger partial charge in [-0.1, -0.05) is 6.92 Å². The molecule has 0 aromatic heterocycles. The van der Waals surface area contributed by atoms with Gasteiger partial charge >= 0.3 is 0 Å². The van der Waals surface area contributed by atoms with Crippen molar-refractivity contribution in [2.75, 3.05) is 19.6 Å². The third-order valence-corrected chi connectivity index (χ3v) is 1.94. The Labute approximate surface area is 62.9 Å². The van der Waals surface area contributed by atoms with Gasteiger partial charge in [0.2, 0.25) is 0 Å². The molecule has 1 aliphatic rings. The van der Waals surface area contributed by atoms with Crippen molar-refractivity contribution in [1.82, 2.24) is 4.90 Å². The maximum atomic E-state index is 4.44. The van der Waals surface area contributed by atoms with Gasteiger partial charge < -0.3 is 4.90 Å². The lowest BCUT2D eigenvalue weighted by molar-refractivity contribution is 0.405. The second-order valence-corrected chi connectivity index (χ2v) is 2.58. The summed E-state index contributed by atoms with van der Waals surface area (Å²) in [6.07, 6.45) is 2.32. The van der Waals surface area contributed by atoms with Crippen LogP contribution < -0.4 is 0 Å². The van der Waals surface area contributed by atoms with Crippen molar-refractivity contribution in [3.05, 3.63) is 0 Å². The van der Waals surface area contributed by atoms with Crippen LogP contribution in [0.3, 0.4) is 0 Å². The first-order chi connectivity index (χ1) is 4.88. The number of amidine groups is 1. The van der Waals surface area contributed by atoms with Gasteiger partial charge in [0.25, 0.3) is 0 Å². The molecule has 58 valence electrons. The molecule has 0 saturated carbocycles. The van der Waals surface area contributed by atoms with Crippen LogP contribution in [0.15, 0.2) is 4.99 Å². The Hall–Kier alpha value is -0.530. The fourth-order valence-electron chi connectivity index (χ4n) is 1.37. The average molecular weight is 140 g/mol. The molecule has 0 radical (unpaired) electrons. The lowest BCUT2D eigenvalue weighted by Crippen LogP contribution is -2.34. The van der Waals surface area contributed by atoms with Crippen molar-refractivity contribution in [1.29, 1.82) is 0 Å². The van der Waals surface area contributed by atoms with E-state index in [9.17, 15) is 0 Å². The fourth-order valence-corrected chi connectivity index (χ4v) is 1.37. The zero-order chi connectivity index (χ0) is 7.40. The molecule has 0 amide bonds. The first-order valence-electron chi connectivity index (χ1n) is 4.16. The van der Waals surface area contributed by atoms with E-state index < -0.39 is 0 Å². The van der Waals surface area contributed by atoms with Crippen LogP contribution in [0.2, 0.25) is 0 Å². The van der Waals surface area contributed by atoms with E-state index >= 15 is 0 Å². The van der Waals surface area contributed by atoms with E-state index in [4.69, 9.17) is 0 Å². The lowest BCUT2D eigenvalue weighted by atomic mass is 10.2. The second-order valence-electron chi connectivity index (χ2n) is 2.58. The first-order valence-corrected chi connectivity index (χ1v) is 4.16. The Kier molecular flexibility index (Phi) is 2.72. The monoisotopic (exact) mass is 140 g/mol. The van der Waals surface area contributed by atoms with Crippen LogP contribution in [0.5, 0.6) is 0 Å². The molecule has 0 fully saturated rings. The molecule has 0 aromatic rings. The second kappa shape index (κ2) is 3.59. The van der Waals surface area contributed by atoms with E-state index in [-0.39, 0.29) is 0 Å². The zero-order valence-electron chi connectivity index (χ0n) is 6.93. The molecular weight excluding hydrogens is 124 g/mol. The molecule has 0 aliphatic carbocycles. The summed E-state index contributed by atoms with van der Waals surface area (Å²) in [6.45, 7) is 7.73. The maximum Gasteiger partial charge on any atom is 0.0986 e. The Bertz CT molecular complexity index is 129. The van der Waals surface area contributed by atoms with E-state index in [2.05, 4.69) is 23.7 Å². The number of hydrogen-bond acceptors (Lipinski definition) is 2. The standard InChI is InChI=1S/C8H16N2/c1-3-8-9-6-5-7-10(8)4-2/h3-7H2,1-2H3.